The van der Waals surface area contributed by atoms with E-state index in [1.165, 1.54) is 20.3 Å². The summed E-state index contributed by atoms with van der Waals surface area (Å²) in [5.41, 5.74) is 0.669. The summed E-state index contributed by atoms with van der Waals surface area (Å²) in [7, 11) is 3.00. The van der Waals surface area contributed by atoms with Crippen molar-refractivity contribution in [3.05, 3.63) is 41.5 Å². The van der Waals surface area contributed by atoms with Gasteiger partial charge < -0.3 is 49.2 Å². The normalized spacial score (nSPS) is 28.6. The third kappa shape index (κ3) is 4.36. The topological polar surface area (TPSA) is 164 Å². The minimum absolute atomic E-state index is 0.0199. The van der Waals surface area contributed by atoms with Crippen molar-refractivity contribution in [3.63, 3.8) is 0 Å². The van der Waals surface area contributed by atoms with Crippen LogP contribution in [-0.4, -0.2) is 82.8 Å². The lowest BCUT2D eigenvalue weighted by Crippen LogP contribution is -2.60. The van der Waals surface area contributed by atoms with Gasteiger partial charge in [-0.25, -0.2) is 0 Å². The number of phenols is 1. The molecule has 0 bridgehead atoms. The summed E-state index contributed by atoms with van der Waals surface area (Å²) in [6.45, 7) is -0.641. The lowest BCUT2D eigenvalue weighted by atomic mass is 9.95. The van der Waals surface area contributed by atoms with Gasteiger partial charge in [-0.15, -0.1) is 0 Å². The number of aliphatic hydroxyl groups is 4. The quantitative estimate of drug-likeness (QED) is 0.388. The van der Waals surface area contributed by atoms with Crippen molar-refractivity contribution in [2.75, 3.05) is 20.8 Å². The number of fused-ring (bicyclic) bond motifs is 1. The zero-order valence-corrected chi connectivity index (χ0v) is 18.5. The molecule has 0 unspecified atom stereocenters. The summed E-state index contributed by atoms with van der Waals surface area (Å²) in [6, 6.07) is 7.53. The molecule has 4 rings (SSSR count). The minimum Gasteiger partial charge on any atom is -0.508 e. The average molecular weight is 478 g/mol. The Hall–Kier alpha value is -3.09. The van der Waals surface area contributed by atoms with Crippen molar-refractivity contribution in [1.29, 1.82) is 0 Å². The summed E-state index contributed by atoms with van der Waals surface area (Å²) in [4.78, 5) is 13.1. The number of ether oxygens (including phenoxy) is 5. The summed E-state index contributed by atoms with van der Waals surface area (Å²) in [5.74, 6) is 0.247. The van der Waals surface area contributed by atoms with Crippen molar-refractivity contribution in [2.45, 2.75) is 43.2 Å². The number of aliphatic hydroxyl groups excluding tert-OH is 4. The van der Waals surface area contributed by atoms with Crippen molar-refractivity contribution in [3.8, 4) is 28.7 Å². The second kappa shape index (κ2) is 9.65. The Morgan fingerprint density at radius 3 is 2.38 bits per heavy atom. The fourth-order valence-corrected chi connectivity index (χ4v) is 4.03. The van der Waals surface area contributed by atoms with Crippen molar-refractivity contribution in [2.24, 2.45) is 0 Å². The Morgan fingerprint density at radius 1 is 0.971 bits per heavy atom. The SMILES string of the molecule is COc1ccc([C@H]2CC(=O)c3c(O[C@@H]4O[C@@H](CO)[C@@H](O)[C@@H](O)[C@H]4O)cc(O)cc3O2)cc1OC. The lowest BCUT2D eigenvalue weighted by Gasteiger charge is -2.40. The van der Waals surface area contributed by atoms with E-state index in [4.69, 9.17) is 23.7 Å². The monoisotopic (exact) mass is 478 g/mol. The Labute approximate surface area is 194 Å². The van der Waals surface area contributed by atoms with Gasteiger partial charge in [-0.05, 0) is 17.7 Å². The van der Waals surface area contributed by atoms with Crippen LogP contribution < -0.4 is 18.9 Å². The molecular formula is C23H26O11. The molecule has 0 saturated carbocycles. The summed E-state index contributed by atoms with van der Waals surface area (Å²) < 4.78 is 27.5. The van der Waals surface area contributed by atoms with Crippen LogP contribution in [0.4, 0.5) is 0 Å². The van der Waals surface area contributed by atoms with Gasteiger partial charge in [0.2, 0.25) is 6.29 Å². The zero-order valence-electron chi connectivity index (χ0n) is 18.5. The maximum Gasteiger partial charge on any atom is 0.229 e. The van der Waals surface area contributed by atoms with Crippen LogP contribution in [0, 0.1) is 0 Å². The largest absolute Gasteiger partial charge is 0.508 e. The highest BCUT2D eigenvalue weighted by Gasteiger charge is 2.45. The van der Waals surface area contributed by atoms with Crippen molar-refractivity contribution >= 4 is 5.78 Å². The first-order chi connectivity index (χ1) is 16.3. The predicted octanol–water partition coefficient (Wildman–Crippen LogP) is 0.295. The third-order valence-corrected chi connectivity index (χ3v) is 5.84. The Kier molecular flexibility index (Phi) is 6.82. The smallest absolute Gasteiger partial charge is 0.229 e. The van der Waals surface area contributed by atoms with Crippen molar-refractivity contribution < 1.29 is 54.0 Å². The molecule has 0 amide bonds. The Morgan fingerprint density at radius 2 is 1.71 bits per heavy atom. The molecule has 0 aliphatic carbocycles. The molecule has 2 aliphatic heterocycles. The Bertz CT molecular complexity index is 1050. The van der Waals surface area contributed by atoms with Crippen LogP contribution in [0.1, 0.15) is 28.4 Å². The second-order valence-corrected chi connectivity index (χ2v) is 7.98. The van der Waals surface area contributed by atoms with E-state index in [9.17, 15) is 30.3 Å². The summed E-state index contributed by atoms with van der Waals surface area (Å²) in [5, 5.41) is 49.8. The molecule has 5 N–H and O–H groups in total. The van der Waals surface area contributed by atoms with Gasteiger partial charge in [0, 0.05) is 12.1 Å². The number of hydrogen-bond acceptors (Lipinski definition) is 11. The minimum atomic E-state index is -1.69. The van der Waals surface area contributed by atoms with Crippen LogP contribution in [0.3, 0.4) is 0 Å². The number of phenolic OH excluding ortho intramolecular Hbond substituents is 1. The van der Waals surface area contributed by atoms with Gasteiger partial charge in [0.1, 0.15) is 53.3 Å². The van der Waals surface area contributed by atoms with Gasteiger partial charge in [-0.1, -0.05) is 6.07 Å². The number of Topliss-reactive ketones (excluding diaryl/α,β-unsaturated/α-hetero) is 1. The van der Waals surface area contributed by atoms with E-state index in [2.05, 4.69) is 0 Å². The van der Waals surface area contributed by atoms with Gasteiger partial charge in [0.25, 0.3) is 0 Å². The van der Waals surface area contributed by atoms with Crippen molar-refractivity contribution in [1.82, 2.24) is 0 Å². The number of carbonyl (C=O) groups is 1. The molecule has 0 radical (unpaired) electrons. The van der Waals surface area contributed by atoms with Crippen LogP contribution in [0.15, 0.2) is 30.3 Å². The third-order valence-electron chi connectivity index (χ3n) is 5.84. The Balaban J connectivity index is 1.63. The lowest BCUT2D eigenvalue weighted by molar-refractivity contribution is -0.277. The molecule has 2 aromatic rings. The maximum atomic E-state index is 13.1. The molecule has 34 heavy (non-hydrogen) atoms. The number of hydrogen-bond donors (Lipinski definition) is 5. The molecule has 0 aromatic heterocycles. The summed E-state index contributed by atoms with van der Waals surface area (Å²) in [6.07, 6.45) is -8.37. The van der Waals surface area contributed by atoms with E-state index in [1.807, 2.05) is 0 Å². The first-order valence-corrected chi connectivity index (χ1v) is 10.5. The van der Waals surface area contributed by atoms with Gasteiger partial charge >= 0.3 is 0 Å². The molecule has 1 saturated heterocycles. The molecule has 2 aromatic carbocycles. The highest BCUT2D eigenvalue weighted by atomic mass is 16.7. The molecule has 11 heteroatoms. The molecule has 184 valence electrons. The molecule has 11 nitrogen and oxygen atoms in total. The van der Waals surface area contributed by atoms with Gasteiger partial charge in [0.05, 0.1) is 27.2 Å². The second-order valence-electron chi connectivity index (χ2n) is 7.98. The highest BCUT2D eigenvalue weighted by Crippen LogP contribution is 2.44. The molecular weight excluding hydrogens is 452 g/mol. The van der Waals surface area contributed by atoms with E-state index < -0.39 is 43.4 Å². The van der Waals surface area contributed by atoms with E-state index in [0.29, 0.717) is 17.1 Å². The van der Waals surface area contributed by atoms with Gasteiger partial charge in [-0.2, -0.15) is 0 Å². The number of ketones is 1. The fraction of sp³-hybridized carbons (Fsp3) is 0.435. The highest BCUT2D eigenvalue weighted by molar-refractivity contribution is 6.02. The maximum absolute atomic E-state index is 13.1. The number of aromatic hydroxyl groups is 1. The number of rotatable bonds is 6. The number of benzene rings is 2. The molecule has 6 atom stereocenters. The first-order valence-electron chi connectivity index (χ1n) is 10.5. The molecule has 1 fully saturated rings. The zero-order chi connectivity index (χ0) is 24.6. The van der Waals surface area contributed by atoms with Gasteiger partial charge in [-0.3, -0.25) is 4.79 Å². The van der Waals surface area contributed by atoms with E-state index in [1.54, 1.807) is 18.2 Å². The van der Waals surface area contributed by atoms with E-state index in [-0.39, 0.29) is 35.0 Å². The van der Waals surface area contributed by atoms with Crippen LogP contribution in [0.25, 0.3) is 0 Å². The van der Waals surface area contributed by atoms with Gasteiger partial charge in [0.15, 0.2) is 17.3 Å². The van der Waals surface area contributed by atoms with Crippen LogP contribution >= 0.6 is 0 Å². The first kappa shape index (κ1) is 24.0. The molecule has 2 aliphatic rings. The van der Waals surface area contributed by atoms with Crippen LogP contribution in [0.5, 0.6) is 28.7 Å². The van der Waals surface area contributed by atoms with E-state index in [0.717, 1.165) is 6.07 Å². The summed E-state index contributed by atoms with van der Waals surface area (Å²) >= 11 is 0. The average Bonchev–Trinajstić information content (AvgIpc) is 2.83. The molecule has 0 spiro atoms. The standard InChI is InChI=1S/C23H26O11/c1-30-13-4-3-10(5-15(13)31-2)14-8-12(26)19-16(32-14)6-11(25)7-17(19)33-23-22(29)21(28)20(27)18(9-24)34-23/h3-7,14,18,20-25,27-29H,8-9H2,1-2H3/t14-,18+,20-,21-,22-,23-/m1/s1. The fourth-order valence-electron chi connectivity index (χ4n) is 4.03. The molecule has 2 heterocycles. The number of carbonyl (C=O) groups excluding carboxylic acids is 1. The number of methoxy groups -OCH3 is 2. The van der Waals surface area contributed by atoms with E-state index >= 15 is 0 Å². The predicted molar refractivity (Wildman–Crippen MR) is 114 cm³/mol. The van der Waals surface area contributed by atoms with Crippen LogP contribution in [-0.2, 0) is 4.74 Å². The van der Waals surface area contributed by atoms with Crippen LogP contribution in [0.2, 0.25) is 0 Å².